The average Bonchev–Trinajstić information content (AvgIpc) is 3.12. The van der Waals surface area contributed by atoms with E-state index in [1.807, 2.05) is 39.0 Å². The molecule has 0 bridgehead atoms. The second kappa shape index (κ2) is 22.4. The number of phenols is 2. The lowest BCUT2D eigenvalue weighted by molar-refractivity contribution is 0.300. The van der Waals surface area contributed by atoms with E-state index in [2.05, 4.69) is 79.3 Å². The minimum Gasteiger partial charge on any atom is -0.508 e. The van der Waals surface area contributed by atoms with Crippen LogP contribution in [0.4, 0.5) is 22.7 Å². The van der Waals surface area contributed by atoms with Gasteiger partial charge < -0.3 is 14.9 Å². The molecular formula is C45H62N4O3. The standard InChI is InChI=1S/C29H44N2O.C16H18N2O2/c1-6-7-8-9-10-11-12-13-14-15-20-32-29-19-18-27(22-28(29)23(2)3)31-30-26-17-16-24(4)25(5)21-26;1-10(2)14-9-13(5-7-16(14)20)18-17-12-4-6-15(19)11(3)8-12/h16-19,21-23H,6-15,20H2,1-5H3;4-10,19-20H,1-3H3. The van der Waals surface area contributed by atoms with Crippen molar-refractivity contribution < 1.29 is 14.9 Å². The zero-order valence-corrected chi connectivity index (χ0v) is 33.0. The van der Waals surface area contributed by atoms with Crippen LogP contribution in [0.3, 0.4) is 0 Å². The summed E-state index contributed by atoms with van der Waals surface area (Å²) in [5, 5.41) is 36.4. The van der Waals surface area contributed by atoms with Crippen molar-refractivity contribution in [2.75, 3.05) is 6.61 Å². The van der Waals surface area contributed by atoms with Crippen molar-refractivity contribution in [1.82, 2.24) is 0 Å². The van der Waals surface area contributed by atoms with Crippen molar-refractivity contribution in [3.05, 3.63) is 101 Å². The SMILES string of the molecule is CCCCCCCCCCCCOc1ccc(N=Nc2ccc(C)c(C)c2)cc1C(C)C.Cc1cc(N=Nc2ccc(O)c(C(C)C)c2)ccc1O. The molecule has 0 saturated heterocycles. The molecule has 0 heterocycles. The van der Waals surface area contributed by atoms with Crippen molar-refractivity contribution in [3.8, 4) is 17.2 Å². The van der Waals surface area contributed by atoms with Gasteiger partial charge in [-0.15, -0.1) is 0 Å². The van der Waals surface area contributed by atoms with Crippen LogP contribution in [-0.4, -0.2) is 16.8 Å². The molecule has 4 aromatic rings. The zero-order valence-electron chi connectivity index (χ0n) is 33.0. The molecule has 7 nitrogen and oxygen atoms in total. The summed E-state index contributed by atoms with van der Waals surface area (Å²) < 4.78 is 6.14. The van der Waals surface area contributed by atoms with E-state index < -0.39 is 0 Å². The molecule has 0 saturated carbocycles. The molecule has 4 aromatic carbocycles. The fourth-order valence-electron chi connectivity index (χ4n) is 5.74. The molecule has 0 atom stereocenters. The molecule has 52 heavy (non-hydrogen) atoms. The maximum Gasteiger partial charge on any atom is 0.122 e. The average molecular weight is 707 g/mol. The number of phenolic OH excluding ortho intramolecular Hbond substituents is 2. The summed E-state index contributed by atoms with van der Waals surface area (Å²) in [5.41, 5.74) is 8.46. The van der Waals surface area contributed by atoms with E-state index in [-0.39, 0.29) is 17.4 Å². The summed E-state index contributed by atoms with van der Waals surface area (Å²) in [5.74, 6) is 2.12. The Morgan fingerprint density at radius 1 is 0.481 bits per heavy atom. The van der Waals surface area contributed by atoms with Crippen LogP contribution in [-0.2, 0) is 0 Å². The van der Waals surface area contributed by atoms with Crippen molar-refractivity contribution in [2.45, 2.75) is 131 Å². The maximum absolute atomic E-state index is 9.76. The molecule has 0 fully saturated rings. The summed E-state index contributed by atoms with van der Waals surface area (Å²) in [6.07, 6.45) is 13.4. The first-order valence-electron chi connectivity index (χ1n) is 19.3. The highest BCUT2D eigenvalue weighted by molar-refractivity contribution is 5.51. The summed E-state index contributed by atoms with van der Waals surface area (Å²) >= 11 is 0. The number of rotatable bonds is 18. The number of benzene rings is 4. The van der Waals surface area contributed by atoms with Crippen LogP contribution >= 0.6 is 0 Å². The van der Waals surface area contributed by atoms with Gasteiger partial charge in [0, 0.05) is 0 Å². The van der Waals surface area contributed by atoms with Gasteiger partial charge in [-0.05, 0) is 134 Å². The lowest BCUT2D eigenvalue weighted by Gasteiger charge is -2.14. The number of nitrogens with zero attached hydrogens (tertiary/aromatic N) is 4. The molecule has 7 heteroatoms. The molecule has 0 amide bonds. The highest BCUT2D eigenvalue weighted by Gasteiger charge is 2.10. The third kappa shape index (κ3) is 14.6. The fraction of sp³-hybridized carbons (Fsp3) is 0.467. The predicted octanol–water partition coefficient (Wildman–Crippen LogP) is 15.1. The Balaban J connectivity index is 0.000000311. The van der Waals surface area contributed by atoms with Crippen LogP contribution in [0.25, 0.3) is 0 Å². The van der Waals surface area contributed by atoms with Crippen LogP contribution in [0.5, 0.6) is 17.2 Å². The highest BCUT2D eigenvalue weighted by Crippen LogP contribution is 2.33. The molecule has 0 aliphatic heterocycles. The topological polar surface area (TPSA) is 99.1 Å². The highest BCUT2D eigenvalue weighted by atomic mass is 16.5. The predicted molar refractivity (Wildman–Crippen MR) is 217 cm³/mol. The number of hydrogen-bond acceptors (Lipinski definition) is 7. The number of unbranched alkanes of at least 4 members (excludes halogenated alkanes) is 9. The lowest BCUT2D eigenvalue weighted by atomic mass is 10.0. The molecular weight excluding hydrogens is 645 g/mol. The van der Waals surface area contributed by atoms with Gasteiger partial charge >= 0.3 is 0 Å². The van der Waals surface area contributed by atoms with Gasteiger partial charge in [-0.25, -0.2) is 0 Å². The zero-order chi connectivity index (χ0) is 37.9. The Labute approximate surface area is 313 Å². The quantitative estimate of drug-likeness (QED) is 0.0795. The van der Waals surface area contributed by atoms with Crippen molar-refractivity contribution in [1.29, 1.82) is 0 Å². The number of aryl methyl sites for hydroxylation is 3. The van der Waals surface area contributed by atoms with Gasteiger partial charge in [0.2, 0.25) is 0 Å². The van der Waals surface area contributed by atoms with Gasteiger partial charge in [-0.3, -0.25) is 0 Å². The maximum atomic E-state index is 9.76. The molecule has 0 spiro atoms. The first-order chi connectivity index (χ1) is 25.0. The Morgan fingerprint density at radius 2 is 0.923 bits per heavy atom. The van der Waals surface area contributed by atoms with Crippen LogP contribution in [0.2, 0.25) is 0 Å². The third-order valence-corrected chi connectivity index (χ3v) is 9.24. The normalized spacial score (nSPS) is 11.5. The second-order valence-corrected chi connectivity index (χ2v) is 14.4. The van der Waals surface area contributed by atoms with E-state index >= 15 is 0 Å². The molecule has 2 N–H and O–H groups in total. The molecule has 0 aromatic heterocycles. The molecule has 0 aliphatic rings. The number of hydrogen-bond donors (Lipinski definition) is 2. The van der Waals surface area contributed by atoms with Gasteiger partial charge in [0.15, 0.2) is 0 Å². The van der Waals surface area contributed by atoms with E-state index in [0.29, 0.717) is 17.3 Å². The summed E-state index contributed by atoms with van der Waals surface area (Å²) in [6.45, 7) is 17.5. The number of azo groups is 2. The molecule has 4 rings (SSSR count). The summed E-state index contributed by atoms with van der Waals surface area (Å²) in [4.78, 5) is 0. The Bertz CT molecular complexity index is 1730. The Morgan fingerprint density at radius 3 is 1.44 bits per heavy atom. The minimum atomic E-state index is 0.223. The van der Waals surface area contributed by atoms with Crippen LogP contribution in [0.15, 0.2) is 93.3 Å². The number of aromatic hydroxyl groups is 2. The first-order valence-corrected chi connectivity index (χ1v) is 19.3. The first kappa shape index (κ1) is 41.9. The summed E-state index contributed by atoms with van der Waals surface area (Å²) in [6, 6.07) is 22.6. The van der Waals surface area contributed by atoms with E-state index in [1.165, 1.54) is 74.5 Å². The van der Waals surface area contributed by atoms with Crippen LogP contribution < -0.4 is 4.74 Å². The third-order valence-electron chi connectivity index (χ3n) is 9.24. The Kier molecular flexibility index (Phi) is 18.1. The van der Waals surface area contributed by atoms with Gasteiger partial charge in [0.25, 0.3) is 0 Å². The van der Waals surface area contributed by atoms with Gasteiger partial charge in [-0.1, -0.05) is 98.5 Å². The van der Waals surface area contributed by atoms with E-state index in [4.69, 9.17) is 4.74 Å². The van der Waals surface area contributed by atoms with Gasteiger partial charge in [-0.2, -0.15) is 20.5 Å². The second-order valence-electron chi connectivity index (χ2n) is 14.4. The van der Waals surface area contributed by atoms with Crippen LogP contribution in [0.1, 0.15) is 138 Å². The minimum absolute atomic E-state index is 0.223. The Hall–Kier alpha value is -4.52. The van der Waals surface area contributed by atoms with Crippen LogP contribution in [0, 0.1) is 20.8 Å². The van der Waals surface area contributed by atoms with Gasteiger partial charge in [0.1, 0.15) is 17.2 Å². The van der Waals surface area contributed by atoms with Crippen molar-refractivity contribution >= 4 is 22.7 Å². The van der Waals surface area contributed by atoms with Crippen molar-refractivity contribution in [2.24, 2.45) is 20.5 Å². The van der Waals surface area contributed by atoms with E-state index in [9.17, 15) is 10.2 Å². The molecule has 0 aliphatic carbocycles. The molecule has 280 valence electrons. The largest absolute Gasteiger partial charge is 0.508 e. The van der Waals surface area contributed by atoms with E-state index in [0.717, 1.165) is 41.3 Å². The van der Waals surface area contributed by atoms with Gasteiger partial charge in [0.05, 0.1) is 29.4 Å². The molecule has 0 radical (unpaired) electrons. The van der Waals surface area contributed by atoms with Crippen molar-refractivity contribution in [3.63, 3.8) is 0 Å². The lowest BCUT2D eigenvalue weighted by Crippen LogP contribution is -2.01. The summed E-state index contributed by atoms with van der Waals surface area (Å²) in [7, 11) is 0. The fourth-order valence-corrected chi connectivity index (χ4v) is 5.74. The smallest absolute Gasteiger partial charge is 0.122 e. The van der Waals surface area contributed by atoms with E-state index in [1.54, 1.807) is 30.3 Å². The number of ether oxygens (including phenoxy) is 1. The molecule has 0 unspecified atom stereocenters. The monoisotopic (exact) mass is 706 g/mol.